The van der Waals surface area contributed by atoms with E-state index in [-0.39, 0.29) is 11.7 Å². The highest BCUT2D eigenvalue weighted by Gasteiger charge is 2.31. The minimum absolute atomic E-state index is 0.114. The highest BCUT2D eigenvalue weighted by Crippen LogP contribution is 2.28. The lowest BCUT2D eigenvalue weighted by Crippen LogP contribution is -2.24. The minimum Gasteiger partial charge on any atom is -0.497 e. The van der Waals surface area contributed by atoms with E-state index in [1.165, 1.54) is 30.4 Å². The van der Waals surface area contributed by atoms with Crippen molar-refractivity contribution in [3.05, 3.63) is 58.2 Å². The predicted molar refractivity (Wildman–Crippen MR) is 127 cm³/mol. The number of aromatic nitrogens is 1. The molecular weight excluding hydrogens is 483 g/mol. The van der Waals surface area contributed by atoms with Crippen molar-refractivity contribution in [3.63, 3.8) is 0 Å². The first-order chi connectivity index (χ1) is 16.7. The molecule has 0 radical (unpaired) electrons. The van der Waals surface area contributed by atoms with Crippen LogP contribution in [0.2, 0.25) is 0 Å². The molecule has 0 saturated carbocycles. The van der Waals surface area contributed by atoms with Crippen LogP contribution >= 0.6 is 11.3 Å². The lowest BCUT2D eigenvalue weighted by molar-refractivity contribution is -0.274. The second kappa shape index (κ2) is 11.8. The zero-order chi connectivity index (χ0) is 25.4. The molecule has 188 valence electrons. The fraction of sp³-hybridized carbons (Fsp3) is 0.333. The number of thiazole rings is 1. The summed E-state index contributed by atoms with van der Waals surface area (Å²) in [5.74, 6) is 0.930. The number of carbonyl (C=O) groups is 1. The fourth-order valence-corrected chi connectivity index (χ4v) is 4.30. The van der Waals surface area contributed by atoms with Crippen LogP contribution in [0.1, 0.15) is 18.9 Å². The first-order valence-corrected chi connectivity index (χ1v) is 11.6. The lowest BCUT2D eigenvalue weighted by atomic mass is 10.1. The largest absolute Gasteiger partial charge is 0.573 e. The summed E-state index contributed by atoms with van der Waals surface area (Å²) < 4.78 is 54.2. The Bertz CT molecular complexity index is 1200. The van der Waals surface area contributed by atoms with Gasteiger partial charge in [0.2, 0.25) is 5.91 Å². The third-order valence-corrected chi connectivity index (χ3v) is 5.89. The molecule has 1 N–H and O–H groups in total. The summed E-state index contributed by atoms with van der Waals surface area (Å²) in [6.45, 7) is 2.86. The molecule has 0 spiro atoms. The molecule has 0 atom stereocenters. The van der Waals surface area contributed by atoms with E-state index in [0.717, 1.165) is 21.6 Å². The van der Waals surface area contributed by atoms with E-state index in [9.17, 15) is 18.0 Å². The number of nitrogens with one attached hydrogen (secondary N) is 1. The number of benzene rings is 2. The Morgan fingerprint density at radius 2 is 1.80 bits per heavy atom. The maximum absolute atomic E-state index is 12.5. The molecule has 1 amide bonds. The molecule has 7 nitrogen and oxygen atoms in total. The molecule has 11 heteroatoms. The van der Waals surface area contributed by atoms with Crippen LogP contribution in [0, 0.1) is 0 Å². The molecule has 0 fully saturated rings. The molecule has 0 aliphatic heterocycles. The zero-order valence-electron chi connectivity index (χ0n) is 19.5. The Balaban J connectivity index is 1.91. The molecule has 0 unspecified atom stereocenters. The van der Waals surface area contributed by atoms with Gasteiger partial charge in [0.05, 0.1) is 26.5 Å². The number of halogens is 3. The summed E-state index contributed by atoms with van der Waals surface area (Å²) in [5.41, 5.74) is 2.40. The van der Waals surface area contributed by atoms with Crippen LogP contribution in [-0.2, 0) is 17.9 Å². The summed E-state index contributed by atoms with van der Waals surface area (Å²) in [6, 6.07) is 11.2. The van der Waals surface area contributed by atoms with Crippen molar-refractivity contribution in [1.29, 1.82) is 0 Å². The SMILES string of the molecule is COc1ccc(CN=c2scc(-c3ccc(OC(F)(F)F)cc3)n2CCCNC(C)=O)c(OC)c1. The fourth-order valence-electron chi connectivity index (χ4n) is 3.37. The van der Waals surface area contributed by atoms with Gasteiger partial charge in [0, 0.05) is 37.0 Å². The van der Waals surface area contributed by atoms with Gasteiger partial charge in [-0.3, -0.25) is 9.79 Å². The van der Waals surface area contributed by atoms with Crippen LogP contribution in [0.25, 0.3) is 11.3 Å². The van der Waals surface area contributed by atoms with Crippen LogP contribution in [0.5, 0.6) is 17.2 Å². The van der Waals surface area contributed by atoms with E-state index in [4.69, 9.17) is 14.5 Å². The highest BCUT2D eigenvalue weighted by atomic mass is 32.1. The number of ether oxygens (including phenoxy) is 3. The molecule has 0 bridgehead atoms. The molecule has 2 aromatic carbocycles. The molecule has 3 aromatic rings. The Labute approximate surface area is 204 Å². The van der Waals surface area contributed by atoms with E-state index >= 15 is 0 Å². The van der Waals surface area contributed by atoms with Crippen molar-refractivity contribution in [2.75, 3.05) is 20.8 Å². The molecule has 0 saturated heterocycles. The maximum Gasteiger partial charge on any atom is 0.573 e. The van der Waals surface area contributed by atoms with Gasteiger partial charge in [0.15, 0.2) is 4.80 Å². The van der Waals surface area contributed by atoms with E-state index in [0.29, 0.717) is 37.6 Å². The van der Waals surface area contributed by atoms with E-state index in [1.807, 2.05) is 22.1 Å². The van der Waals surface area contributed by atoms with Crippen molar-refractivity contribution in [2.45, 2.75) is 32.8 Å². The average Bonchev–Trinajstić information content (AvgIpc) is 3.22. The Kier molecular flexibility index (Phi) is 8.80. The lowest BCUT2D eigenvalue weighted by Gasteiger charge is -2.12. The van der Waals surface area contributed by atoms with Crippen LogP contribution in [0.4, 0.5) is 13.2 Å². The van der Waals surface area contributed by atoms with Crippen LogP contribution in [-0.4, -0.2) is 37.6 Å². The maximum atomic E-state index is 12.5. The van der Waals surface area contributed by atoms with Gasteiger partial charge in [-0.05, 0) is 48.4 Å². The Morgan fingerprint density at radius 1 is 1.09 bits per heavy atom. The van der Waals surface area contributed by atoms with Crippen molar-refractivity contribution in [2.24, 2.45) is 4.99 Å². The smallest absolute Gasteiger partial charge is 0.497 e. The van der Waals surface area contributed by atoms with Gasteiger partial charge in [0.1, 0.15) is 17.2 Å². The number of nitrogens with zero attached hydrogens (tertiary/aromatic N) is 2. The Hall–Kier alpha value is -3.47. The number of hydrogen-bond donors (Lipinski definition) is 1. The first-order valence-electron chi connectivity index (χ1n) is 10.7. The number of methoxy groups -OCH3 is 2. The molecule has 1 aromatic heterocycles. The monoisotopic (exact) mass is 509 g/mol. The number of hydrogen-bond acceptors (Lipinski definition) is 6. The van der Waals surface area contributed by atoms with Gasteiger partial charge < -0.3 is 24.1 Å². The molecule has 0 aliphatic rings. The van der Waals surface area contributed by atoms with E-state index in [1.54, 1.807) is 32.4 Å². The molecule has 3 rings (SSSR count). The second-order valence-corrected chi connectivity index (χ2v) is 8.29. The van der Waals surface area contributed by atoms with Crippen molar-refractivity contribution < 1.29 is 32.2 Å². The summed E-state index contributed by atoms with van der Waals surface area (Å²) in [6.07, 6.45) is -4.10. The molecule has 1 heterocycles. The van der Waals surface area contributed by atoms with Crippen LogP contribution in [0.15, 0.2) is 52.8 Å². The van der Waals surface area contributed by atoms with Gasteiger partial charge >= 0.3 is 6.36 Å². The molecular formula is C24H26F3N3O4S. The summed E-state index contributed by atoms with van der Waals surface area (Å²) >= 11 is 1.42. The number of rotatable bonds is 10. The predicted octanol–water partition coefficient (Wildman–Crippen LogP) is 4.76. The quantitative estimate of drug-likeness (QED) is 0.400. The molecule has 0 aliphatic carbocycles. The van der Waals surface area contributed by atoms with Crippen molar-refractivity contribution in [1.82, 2.24) is 9.88 Å². The highest BCUT2D eigenvalue weighted by molar-refractivity contribution is 7.07. The molecule has 35 heavy (non-hydrogen) atoms. The summed E-state index contributed by atoms with van der Waals surface area (Å²) in [5, 5.41) is 4.67. The number of alkyl halides is 3. The third kappa shape index (κ3) is 7.51. The number of amides is 1. The average molecular weight is 510 g/mol. The van der Waals surface area contributed by atoms with Gasteiger partial charge in [-0.1, -0.05) is 0 Å². The summed E-state index contributed by atoms with van der Waals surface area (Å²) in [7, 11) is 3.16. The van der Waals surface area contributed by atoms with Gasteiger partial charge in [-0.2, -0.15) is 0 Å². The summed E-state index contributed by atoms with van der Waals surface area (Å²) in [4.78, 5) is 16.7. The topological polar surface area (TPSA) is 74.1 Å². The van der Waals surface area contributed by atoms with Gasteiger partial charge in [-0.15, -0.1) is 24.5 Å². The van der Waals surface area contributed by atoms with Crippen molar-refractivity contribution >= 4 is 17.2 Å². The standard InChI is InChI=1S/C24H26F3N3O4S/c1-16(31)28-11-4-12-30-21(17-5-8-19(9-6-17)34-24(25,26)27)15-35-23(30)29-14-18-7-10-20(32-2)13-22(18)33-3/h5-10,13,15H,4,11-12,14H2,1-3H3,(H,28,31). The van der Waals surface area contributed by atoms with Gasteiger partial charge in [0.25, 0.3) is 0 Å². The van der Waals surface area contributed by atoms with Crippen molar-refractivity contribution in [3.8, 4) is 28.5 Å². The van der Waals surface area contributed by atoms with Crippen LogP contribution < -0.4 is 24.3 Å². The Morgan fingerprint density at radius 3 is 2.43 bits per heavy atom. The van der Waals surface area contributed by atoms with Gasteiger partial charge in [-0.25, -0.2) is 0 Å². The first kappa shape index (κ1) is 26.1. The minimum atomic E-state index is -4.75. The third-order valence-electron chi connectivity index (χ3n) is 4.99. The second-order valence-electron chi connectivity index (χ2n) is 7.46. The van der Waals surface area contributed by atoms with E-state index < -0.39 is 6.36 Å². The van der Waals surface area contributed by atoms with Crippen LogP contribution in [0.3, 0.4) is 0 Å². The van der Waals surface area contributed by atoms with E-state index in [2.05, 4.69) is 10.1 Å². The zero-order valence-corrected chi connectivity index (χ0v) is 20.3. The number of carbonyl (C=O) groups excluding carboxylic acids is 1. The normalized spacial score (nSPS) is 11.9.